The van der Waals surface area contributed by atoms with Gasteiger partial charge in [-0.2, -0.15) is 0 Å². The van der Waals surface area contributed by atoms with Crippen LogP contribution in [0, 0.1) is 0 Å². The molecule has 0 bridgehead atoms. The zero-order valence-electron chi connectivity index (χ0n) is 10.3. The monoisotopic (exact) mass is 230 g/mol. The van der Waals surface area contributed by atoms with Crippen LogP contribution >= 0.6 is 0 Å². The first-order chi connectivity index (χ1) is 8.29. The number of H-pyrrole nitrogens is 1. The predicted molar refractivity (Wildman–Crippen MR) is 69.7 cm³/mol. The van der Waals surface area contributed by atoms with E-state index in [1.165, 1.54) is 22.9 Å². The summed E-state index contributed by atoms with van der Waals surface area (Å²) in [5.74, 6) is 1.47. The van der Waals surface area contributed by atoms with Gasteiger partial charge in [0.15, 0.2) is 0 Å². The fraction of sp³-hybridized carbons (Fsp3) is 0.429. The van der Waals surface area contributed by atoms with Gasteiger partial charge in [0, 0.05) is 23.1 Å². The van der Waals surface area contributed by atoms with Crippen LogP contribution in [0.15, 0.2) is 24.4 Å². The van der Waals surface area contributed by atoms with Crippen LogP contribution in [-0.4, -0.2) is 24.7 Å². The average Bonchev–Trinajstić information content (AvgIpc) is 2.68. The highest BCUT2D eigenvalue weighted by molar-refractivity contribution is 5.85. The van der Waals surface area contributed by atoms with Crippen molar-refractivity contribution in [3.63, 3.8) is 0 Å². The van der Waals surface area contributed by atoms with Crippen molar-refractivity contribution in [2.24, 2.45) is 0 Å². The van der Waals surface area contributed by atoms with E-state index in [-0.39, 0.29) is 0 Å². The van der Waals surface area contributed by atoms with E-state index in [1.807, 2.05) is 6.07 Å². The number of ether oxygens (including phenoxy) is 1. The molecular weight excluding hydrogens is 212 g/mol. The molecule has 2 heterocycles. The summed E-state index contributed by atoms with van der Waals surface area (Å²) in [5.41, 5.74) is 2.57. The fourth-order valence-corrected chi connectivity index (χ4v) is 2.58. The maximum Gasteiger partial charge on any atom is 0.119 e. The second-order valence-corrected chi connectivity index (χ2v) is 4.79. The lowest BCUT2D eigenvalue weighted by Crippen LogP contribution is -2.46. The number of aromatic amines is 1. The fourth-order valence-electron chi connectivity index (χ4n) is 2.58. The number of benzene rings is 1. The molecule has 3 heteroatoms. The highest BCUT2D eigenvalue weighted by Gasteiger charge is 2.26. The second-order valence-electron chi connectivity index (χ2n) is 4.79. The Kier molecular flexibility index (Phi) is 2.56. The number of hydrogen-bond donors (Lipinski definition) is 2. The van der Waals surface area contributed by atoms with Gasteiger partial charge < -0.3 is 15.0 Å². The molecule has 2 aromatic rings. The Hall–Kier alpha value is -1.48. The smallest absolute Gasteiger partial charge is 0.119 e. The van der Waals surface area contributed by atoms with Gasteiger partial charge in [0.2, 0.25) is 0 Å². The number of rotatable bonds is 3. The van der Waals surface area contributed by atoms with Gasteiger partial charge in [0.1, 0.15) is 5.75 Å². The van der Waals surface area contributed by atoms with Gasteiger partial charge in [-0.25, -0.2) is 0 Å². The van der Waals surface area contributed by atoms with Crippen molar-refractivity contribution >= 4 is 10.9 Å². The molecule has 1 saturated heterocycles. The molecule has 90 valence electrons. The normalized spacial score (nSPS) is 21.2. The van der Waals surface area contributed by atoms with Gasteiger partial charge in [-0.1, -0.05) is 6.92 Å². The first kappa shape index (κ1) is 10.7. The Labute approximate surface area is 101 Å². The van der Waals surface area contributed by atoms with Crippen molar-refractivity contribution in [3.05, 3.63) is 30.0 Å². The van der Waals surface area contributed by atoms with E-state index in [9.17, 15) is 0 Å². The molecule has 2 atom stereocenters. The summed E-state index contributed by atoms with van der Waals surface area (Å²) < 4.78 is 5.30. The molecule has 1 aliphatic heterocycles. The average molecular weight is 230 g/mol. The minimum absolute atomic E-state index is 0.546. The van der Waals surface area contributed by atoms with Crippen molar-refractivity contribution in [2.45, 2.75) is 25.3 Å². The molecule has 0 spiro atoms. The Morgan fingerprint density at radius 1 is 1.41 bits per heavy atom. The lowest BCUT2D eigenvalue weighted by atomic mass is 9.87. The molecule has 1 fully saturated rings. The van der Waals surface area contributed by atoms with E-state index < -0.39 is 0 Å². The maximum atomic E-state index is 5.30. The number of hydrogen-bond acceptors (Lipinski definition) is 2. The quantitative estimate of drug-likeness (QED) is 0.850. The summed E-state index contributed by atoms with van der Waals surface area (Å²) >= 11 is 0. The summed E-state index contributed by atoms with van der Waals surface area (Å²) in [4.78, 5) is 3.34. The third-order valence-electron chi connectivity index (χ3n) is 3.88. The van der Waals surface area contributed by atoms with Crippen molar-refractivity contribution < 1.29 is 4.74 Å². The molecule has 0 amide bonds. The van der Waals surface area contributed by atoms with E-state index in [2.05, 4.69) is 35.6 Å². The second kappa shape index (κ2) is 4.08. The van der Waals surface area contributed by atoms with E-state index in [4.69, 9.17) is 4.74 Å². The topological polar surface area (TPSA) is 37.0 Å². The van der Waals surface area contributed by atoms with Gasteiger partial charge in [-0.15, -0.1) is 0 Å². The van der Waals surface area contributed by atoms with Crippen LogP contribution < -0.4 is 10.1 Å². The molecule has 2 N–H and O–H groups in total. The standard InChI is InChI=1S/C14H18N2O/c1-9(13-5-6-15-13)12-8-16-14-4-3-10(17-2)7-11(12)14/h3-4,7-9,13,15-16H,5-6H2,1-2H3/t9-,13?/m0/s1. The number of methoxy groups -OCH3 is 1. The number of aromatic nitrogens is 1. The molecule has 0 radical (unpaired) electrons. The molecule has 3 rings (SSSR count). The zero-order valence-corrected chi connectivity index (χ0v) is 10.3. The van der Waals surface area contributed by atoms with Gasteiger partial charge in [-0.05, 0) is 42.6 Å². The van der Waals surface area contributed by atoms with E-state index in [0.717, 1.165) is 12.3 Å². The van der Waals surface area contributed by atoms with E-state index in [0.29, 0.717) is 12.0 Å². The van der Waals surface area contributed by atoms with Crippen LogP contribution in [0.1, 0.15) is 24.8 Å². The molecule has 17 heavy (non-hydrogen) atoms. The summed E-state index contributed by atoms with van der Waals surface area (Å²) in [7, 11) is 1.71. The molecule has 3 nitrogen and oxygen atoms in total. The Bertz CT molecular complexity index is 528. The third-order valence-corrected chi connectivity index (χ3v) is 3.88. The summed E-state index contributed by atoms with van der Waals surface area (Å²) in [6.07, 6.45) is 3.41. The van der Waals surface area contributed by atoms with Crippen molar-refractivity contribution in [1.82, 2.24) is 10.3 Å². The molecule has 1 unspecified atom stereocenters. The molecular formula is C14H18N2O. The Morgan fingerprint density at radius 2 is 2.24 bits per heavy atom. The van der Waals surface area contributed by atoms with Crippen LogP contribution in [0.5, 0.6) is 5.75 Å². The lowest BCUT2D eigenvalue weighted by molar-refractivity contribution is 0.328. The van der Waals surface area contributed by atoms with Crippen molar-refractivity contribution in [3.8, 4) is 5.75 Å². The zero-order chi connectivity index (χ0) is 11.8. The minimum Gasteiger partial charge on any atom is -0.497 e. The highest BCUT2D eigenvalue weighted by Crippen LogP contribution is 2.32. The number of fused-ring (bicyclic) bond motifs is 1. The van der Waals surface area contributed by atoms with Gasteiger partial charge >= 0.3 is 0 Å². The number of nitrogens with one attached hydrogen (secondary N) is 2. The third kappa shape index (κ3) is 1.71. The van der Waals surface area contributed by atoms with E-state index >= 15 is 0 Å². The summed E-state index contributed by atoms with van der Waals surface area (Å²) in [5, 5.41) is 4.76. The molecule has 0 aliphatic carbocycles. The molecule has 1 aliphatic rings. The SMILES string of the molecule is COc1ccc2[nH]cc([C@H](C)C3CCN3)c2c1. The van der Waals surface area contributed by atoms with Crippen LogP contribution in [-0.2, 0) is 0 Å². The molecule has 1 aromatic heterocycles. The first-order valence-corrected chi connectivity index (χ1v) is 6.18. The van der Waals surface area contributed by atoms with Crippen molar-refractivity contribution in [1.29, 1.82) is 0 Å². The molecule has 0 saturated carbocycles. The first-order valence-electron chi connectivity index (χ1n) is 6.18. The predicted octanol–water partition coefficient (Wildman–Crippen LogP) is 2.64. The minimum atomic E-state index is 0.546. The Morgan fingerprint density at radius 3 is 2.88 bits per heavy atom. The van der Waals surface area contributed by atoms with Crippen molar-refractivity contribution in [2.75, 3.05) is 13.7 Å². The van der Waals surface area contributed by atoms with Crippen LogP contribution in [0.25, 0.3) is 10.9 Å². The maximum absolute atomic E-state index is 5.30. The lowest BCUT2D eigenvalue weighted by Gasteiger charge is -2.33. The van der Waals surface area contributed by atoms with Gasteiger partial charge in [0.25, 0.3) is 0 Å². The molecule has 1 aromatic carbocycles. The van der Waals surface area contributed by atoms with Gasteiger partial charge in [-0.3, -0.25) is 0 Å². The summed E-state index contributed by atoms with van der Waals surface area (Å²) in [6, 6.07) is 6.82. The van der Waals surface area contributed by atoms with Crippen LogP contribution in [0.4, 0.5) is 0 Å². The van der Waals surface area contributed by atoms with Gasteiger partial charge in [0.05, 0.1) is 7.11 Å². The van der Waals surface area contributed by atoms with E-state index in [1.54, 1.807) is 7.11 Å². The Balaban J connectivity index is 2.02. The van der Waals surface area contributed by atoms with Crippen LogP contribution in [0.3, 0.4) is 0 Å². The largest absolute Gasteiger partial charge is 0.497 e. The highest BCUT2D eigenvalue weighted by atomic mass is 16.5. The van der Waals surface area contributed by atoms with Crippen LogP contribution in [0.2, 0.25) is 0 Å². The summed E-state index contributed by atoms with van der Waals surface area (Å²) in [6.45, 7) is 3.44.